The average Bonchev–Trinajstić information content (AvgIpc) is 2.96. The third kappa shape index (κ3) is 3.68. The number of hydrogen-bond donors (Lipinski definition) is 0. The second-order valence-corrected chi connectivity index (χ2v) is 6.49. The Morgan fingerprint density at radius 3 is 2.70 bits per heavy atom. The summed E-state index contributed by atoms with van der Waals surface area (Å²) in [5.74, 6) is 0.682. The van der Waals surface area contributed by atoms with E-state index in [1.54, 1.807) is 23.3 Å². The molecule has 0 spiro atoms. The van der Waals surface area contributed by atoms with Gasteiger partial charge in [-0.2, -0.15) is 0 Å². The molecule has 2 aromatic carbocycles. The van der Waals surface area contributed by atoms with E-state index in [1.807, 2.05) is 55.5 Å². The number of nitrogens with zero attached hydrogens (tertiary/aromatic N) is 2. The standard InChI is InChI=1S/C18H18N2O2S/c1-13-7-3-5-9-15(13)22-12-18(21)20(2)11-17-19-14-8-4-6-10-16(14)23-17/h3-10H,11-12H2,1-2H3. The summed E-state index contributed by atoms with van der Waals surface area (Å²) in [4.78, 5) is 18.4. The fraction of sp³-hybridized carbons (Fsp3) is 0.222. The number of amides is 1. The van der Waals surface area contributed by atoms with E-state index in [9.17, 15) is 4.79 Å². The number of aryl methyl sites for hydroxylation is 1. The van der Waals surface area contributed by atoms with Gasteiger partial charge in [0, 0.05) is 7.05 Å². The van der Waals surface area contributed by atoms with Crippen LogP contribution in [0.25, 0.3) is 10.2 Å². The highest BCUT2D eigenvalue weighted by atomic mass is 32.1. The van der Waals surface area contributed by atoms with Gasteiger partial charge in [0.15, 0.2) is 6.61 Å². The largest absolute Gasteiger partial charge is 0.484 e. The fourth-order valence-corrected chi connectivity index (χ4v) is 3.27. The van der Waals surface area contributed by atoms with Crippen LogP contribution in [0.3, 0.4) is 0 Å². The molecule has 0 bridgehead atoms. The molecule has 0 atom stereocenters. The highest BCUT2D eigenvalue weighted by Gasteiger charge is 2.13. The number of rotatable bonds is 5. The highest BCUT2D eigenvalue weighted by Crippen LogP contribution is 2.22. The molecular formula is C18H18N2O2S. The van der Waals surface area contributed by atoms with Gasteiger partial charge in [0.25, 0.3) is 5.91 Å². The summed E-state index contributed by atoms with van der Waals surface area (Å²) < 4.78 is 6.75. The van der Waals surface area contributed by atoms with Crippen LogP contribution in [0.5, 0.6) is 5.75 Å². The van der Waals surface area contributed by atoms with Gasteiger partial charge in [-0.15, -0.1) is 11.3 Å². The number of hydrogen-bond acceptors (Lipinski definition) is 4. The van der Waals surface area contributed by atoms with Crippen LogP contribution < -0.4 is 4.74 Å². The first-order chi connectivity index (χ1) is 11.1. The number of fused-ring (bicyclic) bond motifs is 1. The zero-order valence-electron chi connectivity index (χ0n) is 13.2. The zero-order valence-corrected chi connectivity index (χ0v) is 14.0. The molecule has 0 fully saturated rings. The maximum Gasteiger partial charge on any atom is 0.260 e. The van der Waals surface area contributed by atoms with Crippen LogP contribution >= 0.6 is 11.3 Å². The molecule has 3 rings (SSSR count). The monoisotopic (exact) mass is 326 g/mol. The SMILES string of the molecule is Cc1ccccc1OCC(=O)N(C)Cc1nc2ccccc2s1. The highest BCUT2D eigenvalue weighted by molar-refractivity contribution is 7.18. The van der Waals surface area contributed by atoms with E-state index < -0.39 is 0 Å². The summed E-state index contributed by atoms with van der Waals surface area (Å²) >= 11 is 1.61. The maximum atomic E-state index is 12.2. The molecule has 0 saturated heterocycles. The van der Waals surface area contributed by atoms with Gasteiger partial charge in [0.1, 0.15) is 10.8 Å². The van der Waals surface area contributed by atoms with Crippen LogP contribution in [0.1, 0.15) is 10.6 Å². The molecule has 0 aliphatic rings. The topological polar surface area (TPSA) is 42.4 Å². The van der Waals surface area contributed by atoms with Crippen LogP contribution in [-0.2, 0) is 11.3 Å². The number of carbonyl (C=O) groups excluding carboxylic acids is 1. The van der Waals surface area contributed by atoms with Crippen molar-refractivity contribution in [3.63, 3.8) is 0 Å². The summed E-state index contributed by atoms with van der Waals surface area (Å²) in [7, 11) is 1.77. The lowest BCUT2D eigenvalue weighted by molar-refractivity contribution is -0.132. The van der Waals surface area contributed by atoms with Crippen molar-refractivity contribution >= 4 is 27.5 Å². The van der Waals surface area contributed by atoms with E-state index in [0.717, 1.165) is 26.5 Å². The Morgan fingerprint density at radius 2 is 1.91 bits per heavy atom. The Kier molecular flexibility index (Phi) is 4.57. The second-order valence-electron chi connectivity index (χ2n) is 5.38. The van der Waals surface area contributed by atoms with Crippen molar-refractivity contribution in [2.75, 3.05) is 13.7 Å². The average molecular weight is 326 g/mol. The van der Waals surface area contributed by atoms with Gasteiger partial charge in [-0.1, -0.05) is 30.3 Å². The Hall–Kier alpha value is -2.40. The quantitative estimate of drug-likeness (QED) is 0.719. The third-order valence-corrected chi connectivity index (χ3v) is 4.60. The molecular weight excluding hydrogens is 308 g/mol. The van der Waals surface area contributed by atoms with Gasteiger partial charge >= 0.3 is 0 Å². The molecule has 4 nitrogen and oxygen atoms in total. The molecule has 3 aromatic rings. The molecule has 0 saturated carbocycles. The minimum atomic E-state index is -0.0625. The number of aromatic nitrogens is 1. The molecule has 0 aliphatic heterocycles. The molecule has 118 valence electrons. The minimum Gasteiger partial charge on any atom is -0.484 e. The van der Waals surface area contributed by atoms with Crippen molar-refractivity contribution in [3.05, 3.63) is 59.1 Å². The van der Waals surface area contributed by atoms with Crippen LogP contribution in [-0.4, -0.2) is 29.4 Å². The second kappa shape index (κ2) is 6.79. The van der Waals surface area contributed by atoms with E-state index in [4.69, 9.17) is 4.74 Å². The van der Waals surface area contributed by atoms with Crippen LogP contribution in [0.15, 0.2) is 48.5 Å². The van der Waals surface area contributed by atoms with E-state index in [0.29, 0.717) is 6.54 Å². The molecule has 0 unspecified atom stereocenters. The van der Waals surface area contributed by atoms with Crippen molar-refractivity contribution in [3.8, 4) is 5.75 Å². The lowest BCUT2D eigenvalue weighted by Gasteiger charge is -2.16. The summed E-state index contributed by atoms with van der Waals surface area (Å²) in [6.07, 6.45) is 0. The van der Waals surface area contributed by atoms with Crippen LogP contribution in [0.4, 0.5) is 0 Å². The number of carbonyl (C=O) groups is 1. The molecule has 0 N–H and O–H groups in total. The van der Waals surface area contributed by atoms with Gasteiger partial charge < -0.3 is 9.64 Å². The molecule has 5 heteroatoms. The summed E-state index contributed by atoms with van der Waals surface area (Å²) in [5, 5.41) is 0.929. The first-order valence-electron chi connectivity index (χ1n) is 7.40. The van der Waals surface area contributed by atoms with Gasteiger partial charge in [-0.25, -0.2) is 4.98 Å². The summed E-state index contributed by atoms with van der Waals surface area (Å²) in [6.45, 7) is 2.49. The number of benzene rings is 2. The first kappa shape index (κ1) is 15.5. The number of para-hydroxylation sites is 2. The van der Waals surface area contributed by atoms with Gasteiger partial charge in [-0.05, 0) is 30.7 Å². The molecule has 1 heterocycles. The minimum absolute atomic E-state index is 0.0340. The Labute approximate surface area is 139 Å². The summed E-state index contributed by atoms with van der Waals surface area (Å²) in [6, 6.07) is 15.7. The number of thiazole rings is 1. The Bertz CT molecular complexity index is 796. The lowest BCUT2D eigenvalue weighted by Crippen LogP contribution is -2.31. The van der Waals surface area contributed by atoms with E-state index in [1.165, 1.54) is 0 Å². The van der Waals surface area contributed by atoms with Crippen molar-refractivity contribution in [1.29, 1.82) is 0 Å². The predicted molar refractivity (Wildman–Crippen MR) is 92.8 cm³/mol. The smallest absolute Gasteiger partial charge is 0.260 e. The zero-order chi connectivity index (χ0) is 16.2. The number of ether oxygens (including phenoxy) is 1. The lowest BCUT2D eigenvalue weighted by atomic mass is 10.2. The predicted octanol–water partition coefficient (Wildman–Crippen LogP) is 3.64. The molecule has 1 aromatic heterocycles. The van der Waals surface area contributed by atoms with E-state index in [-0.39, 0.29) is 12.5 Å². The summed E-state index contributed by atoms with van der Waals surface area (Å²) in [5.41, 5.74) is 2.00. The van der Waals surface area contributed by atoms with Crippen molar-refractivity contribution in [2.24, 2.45) is 0 Å². The third-order valence-electron chi connectivity index (χ3n) is 3.58. The molecule has 1 amide bonds. The van der Waals surface area contributed by atoms with Crippen LogP contribution in [0, 0.1) is 6.92 Å². The fourth-order valence-electron chi connectivity index (χ4n) is 2.25. The van der Waals surface area contributed by atoms with Crippen molar-refractivity contribution in [1.82, 2.24) is 9.88 Å². The van der Waals surface area contributed by atoms with Crippen molar-refractivity contribution in [2.45, 2.75) is 13.5 Å². The van der Waals surface area contributed by atoms with Gasteiger partial charge in [0.2, 0.25) is 0 Å². The van der Waals surface area contributed by atoms with Crippen LogP contribution in [0.2, 0.25) is 0 Å². The normalized spacial score (nSPS) is 10.7. The molecule has 0 aliphatic carbocycles. The molecule has 0 radical (unpaired) electrons. The Balaban J connectivity index is 1.60. The maximum absolute atomic E-state index is 12.2. The molecule has 23 heavy (non-hydrogen) atoms. The number of likely N-dealkylation sites (N-methyl/N-ethyl adjacent to an activating group) is 1. The van der Waals surface area contributed by atoms with Gasteiger partial charge in [-0.3, -0.25) is 4.79 Å². The van der Waals surface area contributed by atoms with Crippen molar-refractivity contribution < 1.29 is 9.53 Å². The van der Waals surface area contributed by atoms with Gasteiger partial charge in [0.05, 0.1) is 16.8 Å². The van der Waals surface area contributed by atoms with E-state index in [2.05, 4.69) is 4.98 Å². The first-order valence-corrected chi connectivity index (χ1v) is 8.22. The Morgan fingerprint density at radius 1 is 1.17 bits per heavy atom. The van der Waals surface area contributed by atoms with E-state index >= 15 is 0 Å².